The first kappa shape index (κ1) is 25.2. The Labute approximate surface area is 188 Å². The topological polar surface area (TPSA) is 183 Å². The van der Waals surface area contributed by atoms with E-state index in [1.54, 1.807) is 12.1 Å². The second-order valence-electron chi connectivity index (χ2n) is 6.25. The molecule has 0 atom stereocenters. The van der Waals surface area contributed by atoms with Gasteiger partial charge in [0.05, 0.1) is 22.5 Å². The monoisotopic (exact) mass is 480 g/mol. The number of carbonyl (C=O) groups is 3. The second-order valence-corrected chi connectivity index (χ2v) is 8.02. The summed E-state index contributed by atoms with van der Waals surface area (Å²) in [4.78, 5) is 45.7. The van der Waals surface area contributed by atoms with Gasteiger partial charge >= 0.3 is 5.97 Å². The van der Waals surface area contributed by atoms with Crippen LogP contribution in [0.2, 0.25) is 0 Å². The van der Waals surface area contributed by atoms with Crippen LogP contribution in [0.3, 0.4) is 0 Å². The third-order valence-corrected chi connectivity index (χ3v) is 5.52. The first-order valence-corrected chi connectivity index (χ1v) is 10.7. The number of nitro groups is 1. The van der Waals surface area contributed by atoms with Crippen LogP contribution in [-0.4, -0.2) is 58.4 Å². The molecule has 2 rings (SSSR count). The lowest BCUT2D eigenvalue weighted by molar-refractivity contribution is -0.384. The summed E-state index contributed by atoms with van der Waals surface area (Å²) in [5, 5.41) is 15.7. The molecule has 3 N–H and O–H groups in total. The van der Waals surface area contributed by atoms with Gasteiger partial charge in [0, 0.05) is 13.1 Å². The molecule has 0 aliphatic rings. The highest BCUT2D eigenvalue weighted by atomic mass is 32.2. The summed E-state index contributed by atoms with van der Waals surface area (Å²) in [5.41, 5.74) is -0.280. The van der Waals surface area contributed by atoms with E-state index >= 15 is 0 Å². The maximum absolute atomic E-state index is 12.3. The molecule has 0 heterocycles. The Kier molecular flexibility index (Phi) is 8.42. The third kappa shape index (κ3) is 6.72. The molecular weight excluding hydrogens is 460 g/mol. The van der Waals surface area contributed by atoms with Gasteiger partial charge in [-0.25, -0.2) is 8.42 Å². The van der Waals surface area contributed by atoms with Gasteiger partial charge in [-0.05, 0) is 24.3 Å². The summed E-state index contributed by atoms with van der Waals surface area (Å²) in [6, 6.07) is 9.29. The van der Waals surface area contributed by atoms with E-state index in [9.17, 15) is 32.9 Å². The number of benzene rings is 2. The fraction of sp³-hybridized carbons (Fsp3) is 0.211. The van der Waals surface area contributed by atoms with Crippen LogP contribution in [0.25, 0.3) is 0 Å². The number of anilines is 1. The largest absolute Gasteiger partial charge is 0.496 e. The lowest BCUT2D eigenvalue weighted by atomic mass is 10.2. The van der Waals surface area contributed by atoms with E-state index in [1.165, 1.54) is 32.4 Å². The van der Waals surface area contributed by atoms with Crippen molar-refractivity contribution >= 4 is 39.2 Å². The van der Waals surface area contributed by atoms with Crippen molar-refractivity contribution in [1.82, 2.24) is 10.0 Å². The predicted molar refractivity (Wildman–Crippen MR) is 114 cm³/mol. The van der Waals surface area contributed by atoms with Gasteiger partial charge < -0.3 is 14.8 Å². The minimum absolute atomic E-state index is 0.0887. The normalized spacial score (nSPS) is 10.7. The van der Waals surface area contributed by atoms with E-state index in [2.05, 4.69) is 10.1 Å². The van der Waals surface area contributed by atoms with Crippen molar-refractivity contribution in [3.8, 4) is 5.75 Å². The van der Waals surface area contributed by atoms with Gasteiger partial charge in [-0.2, -0.15) is 4.72 Å². The molecular formula is C19H20N4O9S. The summed E-state index contributed by atoms with van der Waals surface area (Å²) in [6.45, 7) is -1.69. The zero-order valence-corrected chi connectivity index (χ0v) is 18.3. The van der Waals surface area contributed by atoms with Gasteiger partial charge in [0.15, 0.2) is 6.61 Å². The van der Waals surface area contributed by atoms with E-state index in [1.807, 2.05) is 10.0 Å². The summed E-state index contributed by atoms with van der Waals surface area (Å²) in [7, 11) is -1.50. The van der Waals surface area contributed by atoms with E-state index in [0.717, 1.165) is 12.1 Å². The molecule has 0 aliphatic carbocycles. The highest BCUT2D eigenvalue weighted by Gasteiger charge is 2.22. The average molecular weight is 480 g/mol. The first-order chi connectivity index (χ1) is 15.6. The Morgan fingerprint density at radius 2 is 1.82 bits per heavy atom. The van der Waals surface area contributed by atoms with Crippen molar-refractivity contribution < 1.29 is 37.2 Å². The van der Waals surface area contributed by atoms with Crippen molar-refractivity contribution in [2.24, 2.45) is 0 Å². The highest BCUT2D eigenvalue weighted by molar-refractivity contribution is 7.89. The summed E-state index contributed by atoms with van der Waals surface area (Å²) in [5.74, 6) is -2.60. The molecule has 0 saturated carbocycles. The average Bonchev–Trinajstić information content (AvgIpc) is 2.80. The van der Waals surface area contributed by atoms with Crippen LogP contribution in [0, 0.1) is 10.1 Å². The Bertz CT molecular complexity index is 1180. The number of nitro benzene ring substituents is 1. The minimum atomic E-state index is -4.29. The Morgan fingerprint density at radius 1 is 1.12 bits per heavy atom. The number of nitrogens with one attached hydrogen (secondary N) is 3. The lowest BCUT2D eigenvalue weighted by Gasteiger charge is -2.10. The molecule has 2 aromatic carbocycles. The number of rotatable bonds is 10. The summed E-state index contributed by atoms with van der Waals surface area (Å²) in [6.07, 6.45) is 0. The number of amides is 2. The fourth-order valence-electron chi connectivity index (χ4n) is 2.54. The maximum Gasteiger partial charge on any atom is 0.321 e. The molecule has 2 amide bonds. The van der Waals surface area contributed by atoms with Crippen LogP contribution < -0.4 is 20.1 Å². The maximum atomic E-state index is 12.3. The van der Waals surface area contributed by atoms with Crippen LogP contribution in [0.5, 0.6) is 5.75 Å². The molecule has 0 bridgehead atoms. The Hall–Kier alpha value is -4.04. The molecule has 0 saturated heterocycles. The SMILES string of the molecule is CNc1ccc(S(=O)(=O)NCC(=O)OCC(=O)NC(=O)c2ccccc2OC)cc1[N+](=O)[O-]. The van der Waals surface area contributed by atoms with Gasteiger partial charge in [-0.1, -0.05) is 12.1 Å². The zero-order valence-electron chi connectivity index (χ0n) is 17.5. The smallest absolute Gasteiger partial charge is 0.321 e. The molecule has 14 heteroatoms. The number of esters is 1. The van der Waals surface area contributed by atoms with Crippen molar-refractivity contribution in [1.29, 1.82) is 0 Å². The molecule has 2 aromatic rings. The van der Waals surface area contributed by atoms with E-state index in [4.69, 9.17) is 4.74 Å². The van der Waals surface area contributed by atoms with E-state index in [0.29, 0.717) is 0 Å². The van der Waals surface area contributed by atoms with Crippen LogP contribution in [0.4, 0.5) is 11.4 Å². The number of hydrogen-bond acceptors (Lipinski definition) is 10. The van der Waals surface area contributed by atoms with E-state index < -0.39 is 56.5 Å². The van der Waals surface area contributed by atoms with E-state index in [-0.39, 0.29) is 17.0 Å². The van der Waals surface area contributed by atoms with Gasteiger partial charge in [0.25, 0.3) is 17.5 Å². The van der Waals surface area contributed by atoms with Crippen LogP contribution in [0.1, 0.15) is 10.4 Å². The van der Waals surface area contributed by atoms with Crippen molar-refractivity contribution in [3.63, 3.8) is 0 Å². The lowest BCUT2D eigenvalue weighted by Crippen LogP contribution is -2.36. The number of methoxy groups -OCH3 is 1. The molecule has 0 aromatic heterocycles. The number of nitrogens with zero attached hydrogens (tertiary/aromatic N) is 1. The Morgan fingerprint density at radius 3 is 2.45 bits per heavy atom. The van der Waals surface area contributed by atoms with Gasteiger partial charge in [0.2, 0.25) is 10.0 Å². The number of carbonyl (C=O) groups excluding carboxylic acids is 3. The first-order valence-electron chi connectivity index (χ1n) is 9.17. The molecule has 0 radical (unpaired) electrons. The predicted octanol–water partition coefficient (Wildman–Crippen LogP) is 0.423. The van der Waals surface area contributed by atoms with Gasteiger partial charge in [-0.15, -0.1) is 0 Å². The van der Waals surface area contributed by atoms with Crippen LogP contribution in [0.15, 0.2) is 47.4 Å². The number of para-hydroxylation sites is 1. The molecule has 176 valence electrons. The zero-order chi connectivity index (χ0) is 24.6. The molecule has 0 fully saturated rings. The quantitative estimate of drug-likeness (QED) is 0.245. The molecule has 0 aliphatic heterocycles. The third-order valence-electron chi connectivity index (χ3n) is 4.12. The molecule has 0 unspecified atom stereocenters. The number of ether oxygens (including phenoxy) is 2. The fourth-order valence-corrected chi connectivity index (χ4v) is 3.53. The minimum Gasteiger partial charge on any atom is -0.496 e. The van der Waals surface area contributed by atoms with Gasteiger partial charge in [-0.3, -0.25) is 29.8 Å². The standard InChI is InChI=1S/C19H20N4O9S/c1-20-14-8-7-12(9-15(14)23(27)28)33(29,30)21-10-18(25)32-11-17(24)22-19(26)13-5-3-4-6-16(13)31-2/h3-9,20-21H,10-11H2,1-2H3,(H,22,24,26). The van der Waals surface area contributed by atoms with Crippen LogP contribution >= 0.6 is 0 Å². The number of hydrogen-bond donors (Lipinski definition) is 3. The number of imide groups is 1. The van der Waals surface area contributed by atoms with Gasteiger partial charge in [0.1, 0.15) is 18.0 Å². The molecule has 33 heavy (non-hydrogen) atoms. The van der Waals surface area contributed by atoms with Crippen molar-refractivity contribution in [2.75, 3.05) is 32.6 Å². The molecule has 0 spiro atoms. The van der Waals surface area contributed by atoms with Crippen molar-refractivity contribution in [2.45, 2.75) is 4.90 Å². The van der Waals surface area contributed by atoms with Crippen LogP contribution in [-0.2, 0) is 24.3 Å². The number of sulfonamides is 1. The van der Waals surface area contributed by atoms with Crippen molar-refractivity contribution in [3.05, 3.63) is 58.1 Å². The highest BCUT2D eigenvalue weighted by Crippen LogP contribution is 2.27. The summed E-state index contributed by atoms with van der Waals surface area (Å²) >= 11 is 0. The second kappa shape index (κ2) is 11.0. The summed E-state index contributed by atoms with van der Waals surface area (Å²) < 4.78 is 36.2. The Balaban J connectivity index is 1.91. The molecule has 13 nitrogen and oxygen atoms in total.